The van der Waals surface area contributed by atoms with Gasteiger partial charge in [0.05, 0.1) is 9.35 Å². The highest BCUT2D eigenvalue weighted by Gasteiger charge is 2.17. The third-order valence-corrected chi connectivity index (χ3v) is 3.76. The van der Waals surface area contributed by atoms with E-state index in [4.69, 9.17) is 0 Å². The van der Waals surface area contributed by atoms with Gasteiger partial charge >= 0.3 is 0 Å². The first-order valence-electron chi connectivity index (χ1n) is 5.72. The fourth-order valence-electron chi connectivity index (χ4n) is 1.23. The van der Waals surface area contributed by atoms with Crippen molar-refractivity contribution in [3.05, 3.63) is 20.8 Å². The summed E-state index contributed by atoms with van der Waals surface area (Å²) in [5.74, 6) is 0.000160. The number of amides is 2. The molecule has 18 heavy (non-hydrogen) atoms. The van der Waals surface area contributed by atoms with Gasteiger partial charge in [-0.05, 0) is 34.8 Å². The summed E-state index contributed by atoms with van der Waals surface area (Å²) in [6.45, 7) is 6.33. The lowest BCUT2D eigenvalue weighted by Crippen LogP contribution is -2.45. The van der Waals surface area contributed by atoms with Gasteiger partial charge in [-0.1, -0.05) is 13.8 Å². The summed E-state index contributed by atoms with van der Waals surface area (Å²) in [5.41, 5.74) is 0.565. The van der Waals surface area contributed by atoms with Gasteiger partial charge in [0.2, 0.25) is 5.91 Å². The van der Waals surface area contributed by atoms with Gasteiger partial charge in [-0.2, -0.15) is 0 Å². The average Bonchev–Trinajstić information content (AvgIpc) is 2.72. The standard InChI is InChI=1S/C12H17BrN2O2S/c1-7(2)5-14-11(16)8(3)15-12(17)9-4-10(13)18-6-9/h4,6-8H,5H2,1-3H3,(H,14,16)(H,15,17). The van der Waals surface area contributed by atoms with Gasteiger partial charge in [0.25, 0.3) is 5.91 Å². The fraction of sp³-hybridized carbons (Fsp3) is 0.500. The molecular weight excluding hydrogens is 316 g/mol. The molecule has 0 aromatic carbocycles. The first-order valence-corrected chi connectivity index (χ1v) is 7.40. The van der Waals surface area contributed by atoms with E-state index < -0.39 is 6.04 Å². The summed E-state index contributed by atoms with van der Waals surface area (Å²) in [7, 11) is 0. The monoisotopic (exact) mass is 332 g/mol. The number of halogens is 1. The topological polar surface area (TPSA) is 58.2 Å². The van der Waals surface area contributed by atoms with Crippen molar-refractivity contribution in [2.24, 2.45) is 5.92 Å². The highest BCUT2D eigenvalue weighted by molar-refractivity contribution is 9.11. The van der Waals surface area contributed by atoms with Crippen molar-refractivity contribution in [2.75, 3.05) is 6.54 Å². The number of nitrogens with one attached hydrogen (secondary N) is 2. The van der Waals surface area contributed by atoms with Gasteiger partial charge in [-0.15, -0.1) is 11.3 Å². The Morgan fingerprint density at radius 1 is 1.39 bits per heavy atom. The molecule has 0 saturated heterocycles. The summed E-state index contributed by atoms with van der Waals surface area (Å²) in [5, 5.41) is 7.20. The molecule has 1 rings (SSSR count). The maximum Gasteiger partial charge on any atom is 0.252 e. The molecule has 2 amide bonds. The Morgan fingerprint density at radius 2 is 2.06 bits per heavy atom. The van der Waals surface area contributed by atoms with Crippen LogP contribution in [0.4, 0.5) is 0 Å². The molecule has 0 aliphatic heterocycles. The molecule has 0 bridgehead atoms. The Bertz CT molecular complexity index is 431. The van der Waals surface area contributed by atoms with E-state index in [9.17, 15) is 9.59 Å². The molecule has 1 heterocycles. The quantitative estimate of drug-likeness (QED) is 0.869. The number of carbonyl (C=O) groups is 2. The van der Waals surface area contributed by atoms with Crippen LogP contribution in [-0.2, 0) is 4.79 Å². The second-order valence-electron chi connectivity index (χ2n) is 4.47. The summed E-state index contributed by atoms with van der Waals surface area (Å²) in [4.78, 5) is 23.5. The summed E-state index contributed by atoms with van der Waals surface area (Å²) in [6, 6.07) is 1.20. The molecule has 6 heteroatoms. The molecule has 0 saturated carbocycles. The van der Waals surface area contributed by atoms with Gasteiger partial charge in [0, 0.05) is 11.9 Å². The van der Waals surface area contributed by atoms with E-state index >= 15 is 0 Å². The van der Waals surface area contributed by atoms with Crippen LogP contribution in [0.2, 0.25) is 0 Å². The third kappa shape index (κ3) is 4.78. The van der Waals surface area contributed by atoms with Crippen LogP contribution < -0.4 is 10.6 Å². The molecule has 1 unspecified atom stereocenters. The third-order valence-electron chi connectivity index (χ3n) is 2.26. The molecule has 2 N–H and O–H groups in total. The highest BCUT2D eigenvalue weighted by atomic mass is 79.9. The summed E-state index contributed by atoms with van der Waals surface area (Å²) >= 11 is 4.73. The number of thiophene rings is 1. The van der Waals surface area contributed by atoms with E-state index in [2.05, 4.69) is 26.6 Å². The molecule has 0 radical (unpaired) electrons. The SMILES string of the molecule is CC(C)CNC(=O)C(C)NC(=O)c1csc(Br)c1. The Labute approximate surface area is 119 Å². The Hall–Kier alpha value is -0.880. The predicted octanol–water partition coefficient (Wildman–Crippen LogP) is 2.40. The molecule has 1 aromatic rings. The first-order chi connectivity index (χ1) is 8.40. The first kappa shape index (κ1) is 15.2. The molecule has 0 spiro atoms. The van der Waals surface area contributed by atoms with E-state index in [1.54, 1.807) is 18.4 Å². The Balaban J connectivity index is 2.46. The van der Waals surface area contributed by atoms with Crippen LogP contribution >= 0.6 is 27.3 Å². The maximum absolute atomic E-state index is 11.8. The highest BCUT2D eigenvalue weighted by Crippen LogP contribution is 2.20. The molecule has 0 aliphatic carbocycles. The van der Waals surface area contributed by atoms with E-state index in [0.29, 0.717) is 18.0 Å². The smallest absolute Gasteiger partial charge is 0.252 e. The van der Waals surface area contributed by atoms with Crippen molar-refractivity contribution in [1.82, 2.24) is 10.6 Å². The van der Waals surface area contributed by atoms with E-state index in [1.165, 1.54) is 11.3 Å². The van der Waals surface area contributed by atoms with Crippen molar-refractivity contribution in [1.29, 1.82) is 0 Å². The molecular formula is C12H17BrN2O2S. The molecule has 100 valence electrons. The van der Waals surface area contributed by atoms with Crippen molar-refractivity contribution in [3.63, 3.8) is 0 Å². The van der Waals surface area contributed by atoms with Crippen molar-refractivity contribution >= 4 is 39.1 Å². The maximum atomic E-state index is 11.8. The van der Waals surface area contributed by atoms with Crippen molar-refractivity contribution in [3.8, 4) is 0 Å². The predicted molar refractivity (Wildman–Crippen MR) is 76.8 cm³/mol. The van der Waals surface area contributed by atoms with Gasteiger partial charge in [-0.25, -0.2) is 0 Å². The van der Waals surface area contributed by atoms with Gasteiger partial charge in [0.1, 0.15) is 6.04 Å². The largest absolute Gasteiger partial charge is 0.354 e. The van der Waals surface area contributed by atoms with Gasteiger partial charge in [0.15, 0.2) is 0 Å². The minimum Gasteiger partial charge on any atom is -0.354 e. The second-order valence-corrected chi connectivity index (χ2v) is 6.76. The minimum atomic E-state index is -0.532. The van der Waals surface area contributed by atoms with Gasteiger partial charge in [-0.3, -0.25) is 9.59 Å². The van der Waals surface area contributed by atoms with E-state index in [-0.39, 0.29) is 11.8 Å². The minimum absolute atomic E-state index is 0.161. The average molecular weight is 333 g/mol. The van der Waals surface area contributed by atoms with E-state index in [1.807, 2.05) is 13.8 Å². The second kappa shape index (κ2) is 6.89. The number of carbonyl (C=O) groups excluding carboxylic acids is 2. The van der Waals surface area contributed by atoms with Gasteiger partial charge < -0.3 is 10.6 Å². The van der Waals surface area contributed by atoms with Crippen molar-refractivity contribution in [2.45, 2.75) is 26.8 Å². The Kier molecular flexibility index (Phi) is 5.81. The summed E-state index contributed by atoms with van der Waals surface area (Å²) < 4.78 is 0.893. The van der Waals surface area contributed by atoms with E-state index in [0.717, 1.165) is 3.79 Å². The van der Waals surface area contributed by atoms with Crippen LogP contribution in [-0.4, -0.2) is 24.4 Å². The molecule has 1 aromatic heterocycles. The van der Waals surface area contributed by atoms with Crippen LogP contribution in [0.5, 0.6) is 0 Å². The van der Waals surface area contributed by atoms with Crippen molar-refractivity contribution < 1.29 is 9.59 Å². The number of hydrogen-bond acceptors (Lipinski definition) is 3. The zero-order valence-corrected chi connectivity index (χ0v) is 13.0. The molecule has 0 fully saturated rings. The molecule has 4 nitrogen and oxygen atoms in total. The normalized spacial score (nSPS) is 12.3. The lowest BCUT2D eigenvalue weighted by Gasteiger charge is -2.14. The zero-order chi connectivity index (χ0) is 13.7. The van der Waals surface area contributed by atoms with Crippen LogP contribution in [0.25, 0.3) is 0 Å². The number of hydrogen-bond donors (Lipinski definition) is 2. The summed E-state index contributed by atoms with van der Waals surface area (Å²) in [6.07, 6.45) is 0. The zero-order valence-electron chi connectivity index (χ0n) is 10.6. The Morgan fingerprint density at radius 3 is 2.56 bits per heavy atom. The number of rotatable bonds is 5. The molecule has 1 atom stereocenters. The van der Waals surface area contributed by atoms with Crippen LogP contribution in [0, 0.1) is 5.92 Å². The lowest BCUT2D eigenvalue weighted by molar-refractivity contribution is -0.122. The lowest BCUT2D eigenvalue weighted by atomic mass is 10.2. The van der Waals surface area contributed by atoms with Crippen LogP contribution in [0.15, 0.2) is 15.2 Å². The van der Waals surface area contributed by atoms with Crippen LogP contribution in [0.3, 0.4) is 0 Å². The molecule has 0 aliphatic rings. The fourth-order valence-corrected chi connectivity index (χ4v) is 2.37. The van der Waals surface area contributed by atoms with Crippen LogP contribution in [0.1, 0.15) is 31.1 Å².